The molecule has 0 aromatic rings. The highest BCUT2D eigenvalue weighted by molar-refractivity contribution is 7.80. The Hall–Kier alpha value is -0.680. The minimum Gasteiger partial charge on any atom is -0.393 e. The molecule has 0 aliphatic carbocycles. The lowest BCUT2D eigenvalue weighted by molar-refractivity contribution is -0.126. The zero-order valence-electron chi connectivity index (χ0n) is 10.1. The maximum Gasteiger partial charge on any atom is 0.225 e. The third-order valence-electron chi connectivity index (χ3n) is 3.08. The highest BCUT2D eigenvalue weighted by Gasteiger charge is 2.32. The largest absolute Gasteiger partial charge is 0.393 e. The minimum atomic E-state index is -0.340. The molecule has 0 radical (unpaired) electrons. The summed E-state index contributed by atoms with van der Waals surface area (Å²) in [5.74, 6) is -0.00327. The van der Waals surface area contributed by atoms with E-state index in [4.69, 9.17) is 22.7 Å². The zero-order chi connectivity index (χ0) is 12.3. The molecule has 1 rings (SSSR count). The fourth-order valence-electron chi connectivity index (χ4n) is 1.60. The summed E-state index contributed by atoms with van der Waals surface area (Å²) in [5, 5.41) is 2.89. The summed E-state index contributed by atoms with van der Waals surface area (Å²) in [7, 11) is 0. The molecule has 1 heterocycles. The first-order valence-electron chi connectivity index (χ1n) is 5.54. The second kappa shape index (κ2) is 5.10. The van der Waals surface area contributed by atoms with E-state index in [-0.39, 0.29) is 23.3 Å². The Labute approximate surface area is 102 Å². The average Bonchev–Trinajstić information content (AvgIpc) is 2.61. The maximum absolute atomic E-state index is 11.8. The van der Waals surface area contributed by atoms with Gasteiger partial charge in [-0.3, -0.25) is 4.79 Å². The van der Waals surface area contributed by atoms with Gasteiger partial charge < -0.3 is 15.8 Å². The number of carbonyl (C=O) groups is 1. The third-order valence-corrected chi connectivity index (χ3v) is 3.64. The van der Waals surface area contributed by atoms with Crippen LogP contribution in [0.1, 0.15) is 27.2 Å². The molecule has 1 amide bonds. The Balaban J connectivity index is 2.44. The summed E-state index contributed by atoms with van der Waals surface area (Å²) < 4.78 is 5.35. The topological polar surface area (TPSA) is 64.3 Å². The summed E-state index contributed by atoms with van der Waals surface area (Å²) in [6.45, 7) is 6.91. The van der Waals surface area contributed by atoms with Crippen molar-refractivity contribution in [2.75, 3.05) is 13.2 Å². The molecular weight excluding hydrogens is 224 g/mol. The lowest BCUT2D eigenvalue weighted by atomic mass is 9.93. The van der Waals surface area contributed by atoms with Crippen LogP contribution in [0.2, 0.25) is 0 Å². The third kappa shape index (κ3) is 3.15. The van der Waals surface area contributed by atoms with Crippen LogP contribution >= 0.6 is 12.2 Å². The Morgan fingerprint density at radius 2 is 2.25 bits per heavy atom. The molecular formula is C11H20N2O2S. The van der Waals surface area contributed by atoms with E-state index in [1.807, 2.05) is 20.8 Å². The SMILES string of the molecule is CC1OCCC1C(=O)NCC(C)(C)C(N)=S. The first kappa shape index (κ1) is 13.4. The zero-order valence-corrected chi connectivity index (χ0v) is 10.9. The molecule has 1 aliphatic heterocycles. The molecule has 92 valence electrons. The van der Waals surface area contributed by atoms with Crippen molar-refractivity contribution in [3.63, 3.8) is 0 Å². The van der Waals surface area contributed by atoms with E-state index in [1.54, 1.807) is 0 Å². The smallest absolute Gasteiger partial charge is 0.225 e. The normalized spacial score (nSPS) is 25.4. The van der Waals surface area contributed by atoms with E-state index in [2.05, 4.69) is 5.32 Å². The average molecular weight is 244 g/mol. The molecule has 0 spiro atoms. The fraction of sp³-hybridized carbons (Fsp3) is 0.818. The molecule has 0 aromatic heterocycles. The van der Waals surface area contributed by atoms with Crippen molar-refractivity contribution < 1.29 is 9.53 Å². The number of thiocarbonyl (C=S) groups is 1. The van der Waals surface area contributed by atoms with Gasteiger partial charge in [0.25, 0.3) is 0 Å². The van der Waals surface area contributed by atoms with Crippen LogP contribution in [0.3, 0.4) is 0 Å². The standard InChI is InChI=1S/C11H20N2O2S/c1-7-8(4-5-15-7)9(14)13-6-11(2,3)10(12)16/h7-8H,4-6H2,1-3H3,(H2,12,16)(H,13,14). The van der Waals surface area contributed by atoms with Crippen LogP contribution in [0, 0.1) is 11.3 Å². The Morgan fingerprint density at radius 1 is 1.62 bits per heavy atom. The lowest BCUT2D eigenvalue weighted by Crippen LogP contribution is -2.44. The fourth-order valence-corrected chi connectivity index (χ4v) is 1.67. The number of carbonyl (C=O) groups excluding carboxylic acids is 1. The van der Waals surface area contributed by atoms with Crippen LogP contribution < -0.4 is 11.1 Å². The number of amides is 1. The quantitative estimate of drug-likeness (QED) is 0.719. The highest BCUT2D eigenvalue weighted by atomic mass is 32.1. The number of ether oxygens (including phenoxy) is 1. The molecule has 1 fully saturated rings. The monoisotopic (exact) mass is 244 g/mol. The van der Waals surface area contributed by atoms with Crippen molar-refractivity contribution in [3.05, 3.63) is 0 Å². The summed E-state index contributed by atoms with van der Waals surface area (Å²) >= 11 is 4.94. The van der Waals surface area contributed by atoms with Gasteiger partial charge in [-0.2, -0.15) is 0 Å². The number of hydrogen-bond acceptors (Lipinski definition) is 3. The molecule has 1 saturated heterocycles. The predicted octanol–water partition coefficient (Wildman–Crippen LogP) is 0.840. The van der Waals surface area contributed by atoms with E-state index < -0.39 is 0 Å². The van der Waals surface area contributed by atoms with E-state index >= 15 is 0 Å². The van der Waals surface area contributed by atoms with Gasteiger partial charge in [-0.15, -0.1) is 0 Å². The second-order valence-corrected chi connectivity index (χ2v) is 5.38. The summed E-state index contributed by atoms with van der Waals surface area (Å²) in [4.78, 5) is 12.3. The van der Waals surface area contributed by atoms with E-state index in [0.29, 0.717) is 18.1 Å². The van der Waals surface area contributed by atoms with Gasteiger partial charge in [0.05, 0.1) is 17.0 Å². The van der Waals surface area contributed by atoms with Gasteiger partial charge in [0.15, 0.2) is 0 Å². The van der Waals surface area contributed by atoms with Crippen LogP contribution in [0.5, 0.6) is 0 Å². The first-order chi connectivity index (χ1) is 7.34. The molecule has 4 nitrogen and oxygen atoms in total. The Kier molecular flexibility index (Phi) is 4.27. The van der Waals surface area contributed by atoms with E-state index in [9.17, 15) is 4.79 Å². The molecule has 16 heavy (non-hydrogen) atoms. The van der Waals surface area contributed by atoms with Crippen LogP contribution in [0.4, 0.5) is 0 Å². The summed E-state index contributed by atoms with van der Waals surface area (Å²) in [6, 6.07) is 0. The number of rotatable bonds is 4. The number of hydrogen-bond donors (Lipinski definition) is 2. The van der Waals surface area contributed by atoms with Crippen molar-refractivity contribution in [1.29, 1.82) is 0 Å². The summed E-state index contributed by atoms with van der Waals surface area (Å²) in [5.41, 5.74) is 5.25. The van der Waals surface area contributed by atoms with Gasteiger partial charge in [-0.05, 0) is 13.3 Å². The van der Waals surface area contributed by atoms with Gasteiger partial charge in [0.2, 0.25) is 5.91 Å². The van der Waals surface area contributed by atoms with Crippen LogP contribution in [0.15, 0.2) is 0 Å². The number of nitrogens with one attached hydrogen (secondary N) is 1. The van der Waals surface area contributed by atoms with Crippen molar-refractivity contribution in [1.82, 2.24) is 5.32 Å². The van der Waals surface area contributed by atoms with Gasteiger partial charge in [-0.25, -0.2) is 0 Å². The van der Waals surface area contributed by atoms with Gasteiger partial charge in [0, 0.05) is 18.6 Å². The van der Waals surface area contributed by atoms with Crippen LogP contribution in [-0.4, -0.2) is 30.2 Å². The maximum atomic E-state index is 11.8. The molecule has 0 aromatic carbocycles. The molecule has 0 bridgehead atoms. The highest BCUT2D eigenvalue weighted by Crippen LogP contribution is 2.21. The van der Waals surface area contributed by atoms with Gasteiger partial charge >= 0.3 is 0 Å². The van der Waals surface area contributed by atoms with Crippen LogP contribution in [0.25, 0.3) is 0 Å². The van der Waals surface area contributed by atoms with Gasteiger partial charge in [-0.1, -0.05) is 26.1 Å². The van der Waals surface area contributed by atoms with Crippen molar-refractivity contribution in [2.24, 2.45) is 17.1 Å². The second-order valence-electron chi connectivity index (χ2n) is 4.94. The van der Waals surface area contributed by atoms with E-state index in [0.717, 1.165) is 6.42 Å². The molecule has 2 unspecified atom stereocenters. The predicted molar refractivity (Wildman–Crippen MR) is 67.1 cm³/mol. The van der Waals surface area contributed by atoms with Crippen molar-refractivity contribution >= 4 is 23.1 Å². The molecule has 0 saturated carbocycles. The Bertz CT molecular complexity index is 292. The molecule has 2 atom stereocenters. The van der Waals surface area contributed by atoms with Gasteiger partial charge in [0.1, 0.15) is 0 Å². The van der Waals surface area contributed by atoms with Crippen LogP contribution in [-0.2, 0) is 9.53 Å². The lowest BCUT2D eigenvalue weighted by Gasteiger charge is -2.24. The molecule has 1 aliphatic rings. The minimum absolute atomic E-state index is 0.00735. The summed E-state index contributed by atoms with van der Waals surface area (Å²) in [6.07, 6.45) is 0.800. The number of nitrogens with two attached hydrogens (primary N) is 1. The van der Waals surface area contributed by atoms with Crippen molar-refractivity contribution in [3.8, 4) is 0 Å². The Morgan fingerprint density at radius 3 is 2.69 bits per heavy atom. The molecule has 5 heteroatoms. The van der Waals surface area contributed by atoms with Crippen molar-refractivity contribution in [2.45, 2.75) is 33.3 Å². The molecule has 3 N–H and O–H groups in total. The van der Waals surface area contributed by atoms with E-state index in [1.165, 1.54) is 0 Å². The first-order valence-corrected chi connectivity index (χ1v) is 5.94.